The van der Waals surface area contributed by atoms with Crippen LogP contribution in [0.2, 0.25) is 0 Å². The Morgan fingerprint density at radius 3 is 2.22 bits per heavy atom. The number of hydrogen-bond donors (Lipinski definition) is 0. The molecule has 0 unspecified atom stereocenters. The molecule has 198 valence electrons. The van der Waals surface area contributed by atoms with E-state index in [9.17, 15) is 4.79 Å². The smallest absolute Gasteiger partial charge is 0.227 e. The molecule has 0 radical (unpaired) electrons. The fourth-order valence-electron chi connectivity index (χ4n) is 5.35. The van der Waals surface area contributed by atoms with Crippen LogP contribution >= 0.6 is 12.4 Å². The van der Waals surface area contributed by atoms with Crippen molar-refractivity contribution in [3.05, 3.63) is 47.0 Å². The third kappa shape index (κ3) is 6.56. The van der Waals surface area contributed by atoms with Crippen molar-refractivity contribution < 1.29 is 23.7 Å². The number of likely N-dealkylation sites (tertiary alicyclic amines) is 1. The van der Waals surface area contributed by atoms with Crippen LogP contribution < -0.4 is 18.9 Å². The van der Waals surface area contributed by atoms with E-state index in [1.807, 2.05) is 18.2 Å². The van der Waals surface area contributed by atoms with Crippen LogP contribution in [0.4, 0.5) is 0 Å². The standard InChI is InChI=1S/C28H38N2O5.ClH/c1-32-24-8-7-20(14-25(24)33-2)9-12-29-11-5-6-21(18-29)19-30-13-10-22-15-26(34-3)27(35-4)16-23(22)17-28(30)31;/h7-8,14-16,21H,5-6,9-13,17-19H2,1-4H3;1H/t21-;/m1./s1. The summed E-state index contributed by atoms with van der Waals surface area (Å²) in [4.78, 5) is 17.7. The molecular weight excluding hydrogens is 480 g/mol. The lowest BCUT2D eigenvalue weighted by molar-refractivity contribution is -0.131. The average molecular weight is 519 g/mol. The molecule has 36 heavy (non-hydrogen) atoms. The Hall–Kier alpha value is -2.64. The number of benzene rings is 2. The highest BCUT2D eigenvalue weighted by atomic mass is 35.5. The molecular formula is C28H39ClN2O5. The van der Waals surface area contributed by atoms with Gasteiger partial charge in [0.25, 0.3) is 0 Å². The van der Waals surface area contributed by atoms with E-state index in [0.29, 0.717) is 18.1 Å². The van der Waals surface area contributed by atoms with Crippen molar-refractivity contribution in [1.29, 1.82) is 0 Å². The van der Waals surface area contributed by atoms with Crippen LogP contribution in [0.15, 0.2) is 30.3 Å². The molecule has 8 heteroatoms. The number of nitrogens with zero attached hydrogens (tertiary/aromatic N) is 2. The zero-order chi connectivity index (χ0) is 24.8. The lowest BCUT2D eigenvalue weighted by Gasteiger charge is -2.35. The van der Waals surface area contributed by atoms with Gasteiger partial charge < -0.3 is 28.7 Å². The summed E-state index contributed by atoms with van der Waals surface area (Å²) in [6.07, 6.45) is 4.58. The lowest BCUT2D eigenvalue weighted by atomic mass is 9.96. The van der Waals surface area contributed by atoms with Gasteiger partial charge in [-0.1, -0.05) is 6.07 Å². The van der Waals surface area contributed by atoms with Crippen LogP contribution in [-0.2, 0) is 24.1 Å². The van der Waals surface area contributed by atoms with Crippen molar-refractivity contribution in [3.63, 3.8) is 0 Å². The number of amides is 1. The number of carbonyl (C=O) groups excluding carboxylic acids is 1. The van der Waals surface area contributed by atoms with Gasteiger partial charge in [-0.25, -0.2) is 0 Å². The zero-order valence-electron chi connectivity index (χ0n) is 21.9. The molecule has 2 aromatic carbocycles. The van der Waals surface area contributed by atoms with Crippen molar-refractivity contribution in [1.82, 2.24) is 9.80 Å². The molecule has 0 N–H and O–H groups in total. The quantitative estimate of drug-likeness (QED) is 0.499. The minimum Gasteiger partial charge on any atom is -0.493 e. The maximum atomic E-state index is 13.1. The third-order valence-corrected chi connectivity index (χ3v) is 7.30. The second-order valence-corrected chi connectivity index (χ2v) is 9.49. The van der Waals surface area contributed by atoms with E-state index < -0.39 is 0 Å². The lowest BCUT2D eigenvalue weighted by Crippen LogP contribution is -2.44. The monoisotopic (exact) mass is 518 g/mol. The SMILES string of the molecule is COc1ccc(CCN2CCC[C@@H](CN3CCc4cc(OC)c(OC)cc4CC3=O)C2)cc1OC.Cl. The summed E-state index contributed by atoms with van der Waals surface area (Å²) in [5, 5.41) is 0. The number of rotatable bonds is 9. The highest BCUT2D eigenvalue weighted by molar-refractivity contribution is 5.85. The molecule has 0 aromatic heterocycles. The van der Waals surface area contributed by atoms with Crippen LogP contribution in [0.5, 0.6) is 23.0 Å². The fourth-order valence-corrected chi connectivity index (χ4v) is 5.35. The van der Waals surface area contributed by atoms with E-state index in [1.54, 1.807) is 28.4 Å². The number of methoxy groups -OCH3 is 4. The second-order valence-electron chi connectivity index (χ2n) is 9.49. The predicted octanol–water partition coefficient (Wildman–Crippen LogP) is 4.02. The van der Waals surface area contributed by atoms with Gasteiger partial charge in [0, 0.05) is 26.2 Å². The maximum absolute atomic E-state index is 13.1. The highest BCUT2D eigenvalue weighted by Gasteiger charge is 2.27. The van der Waals surface area contributed by atoms with E-state index in [4.69, 9.17) is 18.9 Å². The first-order chi connectivity index (χ1) is 17.0. The van der Waals surface area contributed by atoms with E-state index >= 15 is 0 Å². The van der Waals surface area contributed by atoms with Gasteiger partial charge in [0.15, 0.2) is 23.0 Å². The summed E-state index contributed by atoms with van der Waals surface area (Å²) in [7, 11) is 6.62. The Labute approximate surface area is 221 Å². The predicted molar refractivity (Wildman–Crippen MR) is 143 cm³/mol. The number of piperidine rings is 1. The van der Waals surface area contributed by atoms with E-state index in [-0.39, 0.29) is 18.3 Å². The summed E-state index contributed by atoms with van der Waals surface area (Å²) in [6, 6.07) is 10.1. The summed E-state index contributed by atoms with van der Waals surface area (Å²) < 4.78 is 21.7. The van der Waals surface area contributed by atoms with Gasteiger partial charge in [-0.2, -0.15) is 0 Å². The Bertz CT molecular complexity index is 1030. The van der Waals surface area contributed by atoms with Crippen LogP contribution in [0, 0.1) is 5.92 Å². The number of fused-ring (bicyclic) bond motifs is 1. The second kappa shape index (κ2) is 13.1. The molecule has 1 atom stereocenters. The largest absolute Gasteiger partial charge is 0.493 e. The van der Waals surface area contributed by atoms with Gasteiger partial charge >= 0.3 is 0 Å². The van der Waals surface area contributed by atoms with Crippen molar-refractivity contribution in [2.75, 3.05) is 61.2 Å². The molecule has 2 aromatic rings. The third-order valence-electron chi connectivity index (χ3n) is 7.30. The maximum Gasteiger partial charge on any atom is 0.227 e. The molecule has 1 saturated heterocycles. The first-order valence-electron chi connectivity index (χ1n) is 12.5. The molecule has 0 bridgehead atoms. The molecule has 7 nitrogen and oxygen atoms in total. The van der Waals surface area contributed by atoms with Gasteiger partial charge in [-0.05, 0) is 79.1 Å². The Morgan fingerprint density at radius 2 is 1.53 bits per heavy atom. The van der Waals surface area contributed by atoms with Gasteiger partial charge in [-0.3, -0.25) is 4.79 Å². The van der Waals surface area contributed by atoms with Crippen LogP contribution in [0.25, 0.3) is 0 Å². The van der Waals surface area contributed by atoms with E-state index in [1.165, 1.54) is 24.0 Å². The zero-order valence-corrected chi connectivity index (χ0v) is 22.7. The summed E-state index contributed by atoms with van der Waals surface area (Å²) in [5.74, 6) is 3.66. The van der Waals surface area contributed by atoms with Crippen LogP contribution in [0.3, 0.4) is 0 Å². The Morgan fingerprint density at radius 1 is 0.861 bits per heavy atom. The number of halogens is 1. The Balaban J connectivity index is 0.00000361. The van der Waals surface area contributed by atoms with Gasteiger partial charge in [0.2, 0.25) is 5.91 Å². The van der Waals surface area contributed by atoms with Gasteiger partial charge in [-0.15, -0.1) is 12.4 Å². The minimum absolute atomic E-state index is 0. The first-order valence-corrected chi connectivity index (χ1v) is 12.5. The van der Waals surface area contributed by atoms with E-state index in [0.717, 1.165) is 68.4 Å². The van der Waals surface area contributed by atoms with Gasteiger partial charge in [0.1, 0.15) is 0 Å². The number of ether oxygens (including phenoxy) is 4. The fraction of sp³-hybridized carbons (Fsp3) is 0.536. The average Bonchev–Trinajstić information content (AvgIpc) is 3.04. The number of carbonyl (C=O) groups is 1. The topological polar surface area (TPSA) is 60.5 Å². The van der Waals surface area contributed by atoms with Crippen LogP contribution in [0.1, 0.15) is 29.5 Å². The molecule has 0 aliphatic carbocycles. The van der Waals surface area contributed by atoms with Gasteiger partial charge in [0.05, 0.1) is 34.9 Å². The highest BCUT2D eigenvalue weighted by Crippen LogP contribution is 2.33. The van der Waals surface area contributed by atoms with E-state index in [2.05, 4.69) is 21.9 Å². The molecule has 4 rings (SSSR count). The normalized spacial score (nSPS) is 18.1. The molecule has 0 spiro atoms. The van der Waals surface area contributed by atoms with Crippen molar-refractivity contribution in [3.8, 4) is 23.0 Å². The molecule has 2 aliphatic rings. The van der Waals surface area contributed by atoms with Crippen molar-refractivity contribution in [2.24, 2.45) is 5.92 Å². The molecule has 1 fully saturated rings. The van der Waals surface area contributed by atoms with Crippen molar-refractivity contribution >= 4 is 18.3 Å². The minimum atomic E-state index is 0. The number of hydrogen-bond acceptors (Lipinski definition) is 6. The Kier molecular flexibility index (Phi) is 10.1. The summed E-state index contributed by atoms with van der Waals surface area (Å²) >= 11 is 0. The molecule has 0 saturated carbocycles. The van der Waals surface area contributed by atoms with Crippen molar-refractivity contribution in [2.45, 2.75) is 32.1 Å². The molecule has 1 amide bonds. The summed E-state index contributed by atoms with van der Waals surface area (Å²) in [6.45, 7) is 4.73. The summed E-state index contributed by atoms with van der Waals surface area (Å²) in [5.41, 5.74) is 3.48. The molecule has 2 heterocycles. The first kappa shape index (κ1) is 27.9. The molecule has 2 aliphatic heterocycles. The van der Waals surface area contributed by atoms with Crippen LogP contribution in [-0.4, -0.2) is 76.9 Å².